The largest absolute Gasteiger partial charge is 0.493 e. The van der Waals surface area contributed by atoms with Gasteiger partial charge in [0.2, 0.25) is 0 Å². The molecule has 2 N–H and O–H groups in total. The Balaban J connectivity index is 2.01. The molecular formula is C17H18N2O2. The van der Waals surface area contributed by atoms with Crippen molar-refractivity contribution in [3.63, 3.8) is 0 Å². The lowest BCUT2D eigenvalue weighted by Crippen LogP contribution is -2.36. The smallest absolute Gasteiger partial charge is 0.273 e. The third kappa shape index (κ3) is 3.86. The van der Waals surface area contributed by atoms with E-state index in [1.54, 1.807) is 18.2 Å². The summed E-state index contributed by atoms with van der Waals surface area (Å²) in [6.07, 6.45) is 0. The number of nitrogens with one attached hydrogen (secondary N) is 2. The third-order valence-electron chi connectivity index (χ3n) is 2.88. The molecule has 2 rings (SSSR count). The van der Waals surface area contributed by atoms with E-state index < -0.39 is 0 Å². The Morgan fingerprint density at radius 2 is 1.71 bits per heavy atom. The Kier molecular flexibility index (Phi) is 4.99. The van der Waals surface area contributed by atoms with Gasteiger partial charge < -0.3 is 4.74 Å². The Morgan fingerprint density at radius 1 is 1.05 bits per heavy atom. The predicted molar refractivity (Wildman–Crippen MR) is 83.7 cm³/mol. The zero-order valence-corrected chi connectivity index (χ0v) is 11.9. The van der Waals surface area contributed by atoms with E-state index >= 15 is 0 Å². The van der Waals surface area contributed by atoms with Crippen LogP contribution in [0.4, 0.5) is 0 Å². The van der Waals surface area contributed by atoms with Gasteiger partial charge in [-0.25, -0.2) is 0 Å². The number of hydrogen-bond donors (Lipinski definition) is 2. The van der Waals surface area contributed by atoms with E-state index in [0.717, 1.165) is 5.56 Å². The van der Waals surface area contributed by atoms with Crippen molar-refractivity contribution in [2.75, 3.05) is 6.61 Å². The molecule has 0 saturated heterocycles. The minimum Gasteiger partial charge on any atom is -0.493 e. The summed E-state index contributed by atoms with van der Waals surface area (Å²) in [5, 5.41) is 0. The molecule has 0 aliphatic carbocycles. The molecule has 2 aromatic carbocycles. The van der Waals surface area contributed by atoms with Gasteiger partial charge in [0, 0.05) is 0 Å². The molecule has 0 fully saturated rings. The van der Waals surface area contributed by atoms with Gasteiger partial charge in [-0.05, 0) is 24.6 Å². The van der Waals surface area contributed by atoms with Gasteiger partial charge in [-0.15, -0.1) is 0 Å². The van der Waals surface area contributed by atoms with Gasteiger partial charge in [0.25, 0.3) is 5.91 Å². The molecule has 108 valence electrons. The van der Waals surface area contributed by atoms with Crippen LogP contribution in [0.25, 0.3) is 5.70 Å². The first-order chi connectivity index (χ1) is 10.2. The molecule has 0 unspecified atom stereocenters. The molecule has 21 heavy (non-hydrogen) atoms. The van der Waals surface area contributed by atoms with Crippen LogP contribution in [0.5, 0.6) is 5.75 Å². The summed E-state index contributed by atoms with van der Waals surface area (Å²) in [5.74, 6) is 0.292. The maximum absolute atomic E-state index is 12.2. The molecule has 0 aliphatic rings. The van der Waals surface area contributed by atoms with E-state index in [-0.39, 0.29) is 5.91 Å². The van der Waals surface area contributed by atoms with Crippen LogP contribution in [0.3, 0.4) is 0 Å². The van der Waals surface area contributed by atoms with E-state index in [1.807, 2.05) is 43.3 Å². The van der Waals surface area contributed by atoms with Crippen molar-refractivity contribution >= 4 is 11.6 Å². The molecule has 0 bridgehead atoms. The molecule has 0 atom stereocenters. The van der Waals surface area contributed by atoms with Crippen molar-refractivity contribution in [3.05, 3.63) is 72.3 Å². The van der Waals surface area contributed by atoms with Gasteiger partial charge in [-0.2, -0.15) is 0 Å². The summed E-state index contributed by atoms with van der Waals surface area (Å²) in [4.78, 5) is 12.2. The fraction of sp³-hybridized carbons (Fsp3) is 0.118. The fourth-order valence-electron chi connectivity index (χ4n) is 1.85. The lowest BCUT2D eigenvalue weighted by atomic mass is 10.2. The summed E-state index contributed by atoms with van der Waals surface area (Å²) in [6, 6.07) is 16.7. The lowest BCUT2D eigenvalue weighted by molar-refractivity contribution is 0.0938. The second kappa shape index (κ2) is 7.14. The first-order valence-corrected chi connectivity index (χ1v) is 6.75. The number of hydrogen-bond acceptors (Lipinski definition) is 3. The van der Waals surface area contributed by atoms with Crippen molar-refractivity contribution in [3.8, 4) is 5.75 Å². The SMILES string of the molecule is C=C(NNC(=O)c1ccccc1OCC)c1ccccc1. The summed E-state index contributed by atoms with van der Waals surface area (Å²) in [6.45, 7) is 6.28. The minimum atomic E-state index is -0.267. The van der Waals surface area contributed by atoms with Crippen molar-refractivity contribution in [2.24, 2.45) is 0 Å². The Morgan fingerprint density at radius 3 is 2.43 bits per heavy atom. The van der Waals surface area contributed by atoms with Crippen molar-refractivity contribution < 1.29 is 9.53 Å². The maximum atomic E-state index is 12.2. The van der Waals surface area contributed by atoms with E-state index in [4.69, 9.17) is 4.74 Å². The lowest BCUT2D eigenvalue weighted by Gasteiger charge is -2.13. The summed E-state index contributed by atoms with van der Waals surface area (Å²) >= 11 is 0. The number of carbonyl (C=O) groups is 1. The average molecular weight is 282 g/mol. The van der Waals surface area contributed by atoms with Crippen molar-refractivity contribution in [2.45, 2.75) is 6.92 Å². The fourth-order valence-corrected chi connectivity index (χ4v) is 1.85. The Hall–Kier alpha value is -2.75. The van der Waals surface area contributed by atoms with E-state index in [1.165, 1.54) is 0 Å². The highest BCUT2D eigenvalue weighted by Crippen LogP contribution is 2.17. The molecular weight excluding hydrogens is 264 g/mol. The first-order valence-electron chi connectivity index (χ1n) is 6.75. The van der Waals surface area contributed by atoms with Crippen LogP contribution in [0.1, 0.15) is 22.8 Å². The second-order valence-corrected chi connectivity index (χ2v) is 4.35. The third-order valence-corrected chi connectivity index (χ3v) is 2.88. The molecule has 4 nitrogen and oxygen atoms in total. The summed E-state index contributed by atoms with van der Waals surface area (Å²) < 4.78 is 5.44. The number of benzene rings is 2. The van der Waals surface area contributed by atoms with Gasteiger partial charge in [-0.1, -0.05) is 49.0 Å². The second-order valence-electron chi connectivity index (χ2n) is 4.35. The molecule has 0 saturated carbocycles. The zero-order chi connectivity index (χ0) is 15.1. The average Bonchev–Trinajstić information content (AvgIpc) is 2.54. The molecule has 0 radical (unpaired) electrons. The molecule has 4 heteroatoms. The molecule has 0 aromatic heterocycles. The molecule has 0 heterocycles. The normalized spacial score (nSPS) is 9.76. The van der Waals surface area contributed by atoms with Gasteiger partial charge >= 0.3 is 0 Å². The standard InChI is InChI=1S/C17H18N2O2/c1-3-21-16-12-8-7-11-15(16)17(20)19-18-13(2)14-9-5-4-6-10-14/h4-12,18H,2-3H2,1H3,(H,19,20). The maximum Gasteiger partial charge on any atom is 0.273 e. The summed E-state index contributed by atoms with van der Waals surface area (Å²) in [7, 11) is 0. The molecule has 2 aromatic rings. The van der Waals surface area contributed by atoms with Crippen LogP contribution >= 0.6 is 0 Å². The number of hydrazine groups is 1. The van der Waals surface area contributed by atoms with E-state index in [2.05, 4.69) is 17.4 Å². The van der Waals surface area contributed by atoms with Crippen LogP contribution < -0.4 is 15.6 Å². The molecule has 0 spiro atoms. The Bertz CT molecular complexity index is 624. The minimum absolute atomic E-state index is 0.267. The monoisotopic (exact) mass is 282 g/mol. The van der Waals surface area contributed by atoms with E-state index in [9.17, 15) is 4.79 Å². The van der Waals surface area contributed by atoms with E-state index in [0.29, 0.717) is 23.6 Å². The van der Waals surface area contributed by atoms with Crippen LogP contribution in [0, 0.1) is 0 Å². The number of amides is 1. The molecule has 1 amide bonds. The van der Waals surface area contributed by atoms with Crippen molar-refractivity contribution in [1.82, 2.24) is 10.9 Å². The number of carbonyl (C=O) groups excluding carboxylic acids is 1. The highest BCUT2D eigenvalue weighted by molar-refractivity contribution is 5.97. The van der Waals surface area contributed by atoms with Gasteiger partial charge in [0.15, 0.2) is 0 Å². The van der Waals surface area contributed by atoms with Crippen LogP contribution in [0.15, 0.2) is 61.2 Å². The van der Waals surface area contributed by atoms with Crippen LogP contribution in [-0.4, -0.2) is 12.5 Å². The predicted octanol–water partition coefficient (Wildman–Crippen LogP) is 2.99. The molecule has 0 aliphatic heterocycles. The van der Waals surface area contributed by atoms with Crippen LogP contribution in [-0.2, 0) is 0 Å². The number of rotatable bonds is 6. The van der Waals surface area contributed by atoms with Gasteiger partial charge in [0.05, 0.1) is 17.9 Å². The topological polar surface area (TPSA) is 50.4 Å². The quantitative estimate of drug-likeness (QED) is 0.801. The van der Waals surface area contributed by atoms with Crippen molar-refractivity contribution in [1.29, 1.82) is 0 Å². The van der Waals surface area contributed by atoms with Gasteiger partial charge in [-0.3, -0.25) is 15.6 Å². The first kappa shape index (κ1) is 14.7. The summed E-state index contributed by atoms with van der Waals surface area (Å²) in [5.41, 5.74) is 7.46. The Labute approximate surface area is 124 Å². The zero-order valence-electron chi connectivity index (χ0n) is 11.9. The van der Waals surface area contributed by atoms with Gasteiger partial charge in [0.1, 0.15) is 5.75 Å². The van der Waals surface area contributed by atoms with Crippen LogP contribution in [0.2, 0.25) is 0 Å². The highest BCUT2D eigenvalue weighted by atomic mass is 16.5. The number of para-hydroxylation sites is 1. The highest BCUT2D eigenvalue weighted by Gasteiger charge is 2.11. The number of ether oxygens (including phenoxy) is 1.